The van der Waals surface area contributed by atoms with E-state index < -0.39 is 6.29 Å². The summed E-state index contributed by atoms with van der Waals surface area (Å²) in [5.41, 5.74) is 2.09. The highest BCUT2D eigenvalue weighted by Crippen LogP contribution is 2.38. The number of benzene rings is 1. The van der Waals surface area contributed by atoms with Crippen molar-refractivity contribution in [1.82, 2.24) is 24.8 Å². The van der Waals surface area contributed by atoms with E-state index in [4.69, 9.17) is 24.7 Å². The predicted molar refractivity (Wildman–Crippen MR) is 155 cm³/mol. The molecule has 218 valence electrons. The number of hydrazine groups is 2. The number of nitrogens with zero attached hydrogens (tertiary/aromatic N) is 8. The van der Waals surface area contributed by atoms with Gasteiger partial charge in [-0.15, -0.1) is 0 Å². The normalized spacial score (nSPS) is 21.2. The van der Waals surface area contributed by atoms with E-state index in [2.05, 4.69) is 26.9 Å². The predicted octanol–water partition coefficient (Wildman–Crippen LogP) is 2.07. The first kappa shape index (κ1) is 27.1. The monoisotopic (exact) mass is 563 g/mol. The summed E-state index contributed by atoms with van der Waals surface area (Å²) in [4.78, 5) is 29.1. The second kappa shape index (κ2) is 10.7. The van der Waals surface area contributed by atoms with Crippen LogP contribution in [0.5, 0.6) is 5.75 Å². The molecule has 1 unspecified atom stereocenters. The average Bonchev–Trinajstić information content (AvgIpc) is 3.71. The van der Waals surface area contributed by atoms with Crippen molar-refractivity contribution in [2.75, 3.05) is 64.9 Å². The Bertz CT molecular complexity index is 1350. The van der Waals surface area contributed by atoms with Crippen LogP contribution in [-0.4, -0.2) is 115 Å². The SMILES string of the molecule is COC(C)(C)COc1ccc(N2CCN(CCN3C(=O)N(C)N4C5=C(c6ccco6)N=CN(N)C5=NC34)CC2)cc1. The van der Waals surface area contributed by atoms with Crippen LogP contribution in [0.3, 0.4) is 0 Å². The Morgan fingerprint density at radius 2 is 1.85 bits per heavy atom. The van der Waals surface area contributed by atoms with E-state index in [-0.39, 0.29) is 11.6 Å². The van der Waals surface area contributed by atoms with Crippen LogP contribution in [0.2, 0.25) is 0 Å². The Morgan fingerprint density at radius 3 is 2.54 bits per heavy atom. The van der Waals surface area contributed by atoms with Gasteiger partial charge >= 0.3 is 6.03 Å². The molecule has 1 atom stereocenters. The molecular formula is C28H37N9O4. The van der Waals surface area contributed by atoms with Gasteiger partial charge in [-0.25, -0.2) is 35.6 Å². The molecule has 4 aliphatic rings. The summed E-state index contributed by atoms with van der Waals surface area (Å²) in [5, 5.41) is 4.80. The third-order valence-electron chi connectivity index (χ3n) is 7.93. The van der Waals surface area contributed by atoms with Crippen molar-refractivity contribution in [3.05, 3.63) is 54.1 Å². The van der Waals surface area contributed by atoms with Gasteiger partial charge in [0.25, 0.3) is 0 Å². The van der Waals surface area contributed by atoms with Gasteiger partial charge in [0.15, 0.2) is 11.6 Å². The molecule has 6 rings (SSSR count). The number of urea groups is 1. The molecule has 2 N–H and O–H groups in total. The number of nitrogens with two attached hydrogens (primary N) is 1. The summed E-state index contributed by atoms with van der Waals surface area (Å²) in [5.74, 6) is 8.15. The highest BCUT2D eigenvalue weighted by atomic mass is 16.5. The van der Waals surface area contributed by atoms with Gasteiger partial charge in [-0.05, 0) is 50.2 Å². The number of ether oxygens (including phenoxy) is 2. The van der Waals surface area contributed by atoms with Gasteiger partial charge < -0.3 is 18.8 Å². The van der Waals surface area contributed by atoms with E-state index >= 15 is 0 Å². The van der Waals surface area contributed by atoms with Crippen molar-refractivity contribution in [3.63, 3.8) is 0 Å². The molecule has 13 heteroatoms. The van der Waals surface area contributed by atoms with Crippen molar-refractivity contribution in [3.8, 4) is 5.75 Å². The molecular weight excluding hydrogens is 526 g/mol. The lowest BCUT2D eigenvalue weighted by molar-refractivity contribution is -0.0146. The number of piperazine rings is 1. The molecule has 0 radical (unpaired) electrons. The van der Waals surface area contributed by atoms with Gasteiger partial charge in [-0.3, -0.25) is 9.80 Å². The van der Waals surface area contributed by atoms with Gasteiger partial charge in [-0.1, -0.05) is 0 Å². The number of amidine groups is 1. The maximum atomic E-state index is 13.3. The van der Waals surface area contributed by atoms with Gasteiger partial charge in [0.05, 0.1) is 11.9 Å². The van der Waals surface area contributed by atoms with Crippen LogP contribution in [0.15, 0.2) is 62.8 Å². The van der Waals surface area contributed by atoms with E-state index in [1.54, 1.807) is 36.4 Å². The highest BCUT2D eigenvalue weighted by molar-refractivity contribution is 6.12. The maximum absolute atomic E-state index is 13.3. The number of amides is 2. The molecule has 13 nitrogen and oxygen atoms in total. The topological polar surface area (TPSA) is 119 Å². The van der Waals surface area contributed by atoms with E-state index in [9.17, 15) is 4.79 Å². The Balaban J connectivity index is 1.06. The number of fused-ring (bicyclic) bond motifs is 3. The van der Waals surface area contributed by atoms with E-state index in [0.717, 1.165) is 38.5 Å². The third kappa shape index (κ3) is 5.11. The molecule has 41 heavy (non-hydrogen) atoms. The first-order valence-corrected chi connectivity index (χ1v) is 13.8. The minimum Gasteiger partial charge on any atom is -0.491 e. The molecule has 4 aliphatic heterocycles. The number of hydrogen-bond donors (Lipinski definition) is 1. The average molecular weight is 564 g/mol. The Kier molecular flexibility index (Phi) is 7.09. The van der Waals surface area contributed by atoms with E-state index in [1.807, 2.05) is 37.1 Å². The van der Waals surface area contributed by atoms with Gasteiger partial charge in [0.2, 0.25) is 6.29 Å². The van der Waals surface area contributed by atoms with E-state index in [1.165, 1.54) is 17.0 Å². The van der Waals surface area contributed by atoms with Crippen LogP contribution in [0, 0.1) is 0 Å². The number of aliphatic imine (C=N–C) groups is 2. The lowest BCUT2D eigenvalue weighted by Crippen LogP contribution is -2.49. The second-order valence-corrected chi connectivity index (χ2v) is 11.0. The van der Waals surface area contributed by atoms with Crippen molar-refractivity contribution in [2.24, 2.45) is 15.8 Å². The standard InChI is InChI=1S/C28H37N9O4/c1-28(2,39-4)18-41-21-9-7-20(8-10-21)34-14-11-33(12-15-34)13-16-35-26-31-25-24(37(26)32(3)27(35)38)23(30-19-36(25)29)22-6-5-17-40-22/h5-10,17,19,26H,11-16,18,29H2,1-4H3. The lowest BCUT2D eigenvalue weighted by Gasteiger charge is -2.36. The largest absolute Gasteiger partial charge is 0.491 e. The summed E-state index contributed by atoms with van der Waals surface area (Å²) >= 11 is 0. The lowest BCUT2D eigenvalue weighted by atomic mass is 10.1. The van der Waals surface area contributed by atoms with Gasteiger partial charge in [0, 0.05) is 59.1 Å². The number of furan rings is 1. The molecule has 2 aromatic rings. The first-order chi connectivity index (χ1) is 19.8. The van der Waals surface area contributed by atoms with Gasteiger partial charge in [0.1, 0.15) is 30.1 Å². The van der Waals surface area contributed by atoms with Crippen LogP contribution in [0.25, 0.3) is 5.70 Å². The second-order valence-electron chi connectivity index (χ2n) is 11.0. The summed E-state index contributed by atoms with van der Waals surface area (Å²) in [7, 11) is 3.43. The molecule has 0 bridgehead atoms. The Hall–Kier alpha value is -4.07. The van der Waals surface area contributed by atoms with Crippen molar-refractivity contribution in [1.29, 1.82) is 0 Å². The number of methoxy groups -OCH3 is 1. The van der Waals surface area contributed by atoms with Crippen LogP contribution >= 0.6 is 0 Å². The molecule has 1 aromatic carbocycles. The number of hydrogen-bond acceptors (Lipinski definition) is 11. The van der Waals surface area contributed by atoms with Crippen LogP contribution in [0.1, 0.15) is 19.6 Å². The molecule has 0 spiro atoms. The van der Waals surface area contributed by atoms with Crippen molar-refractivity contribution >= 4 is 29.6 Å². The van der Waals surface area contributed by atoms with Crippen LogP contribution < -0.4 is 15.5 Å². The summed E-state index contributed by atoms with van der Waals surface area (Å²) in [6, 6.07) is 11.7. The number of anilines is 1. The molecule has 2 fully saturated rings. The summed E-state index contributed by atoms with van der Waals surface area (Å²) in [6.07, 6.45) is 2.58. The summed E-state index contributed by atoms with van der Waals surface area (Å²) < 4.78 is 16.9. The van der Waals surface area contributed by atoms with Crippen molar-refractivity contribution in [2.45, 2.75) is 25.7 Å². The fraction of sp³-hybridized carbons (Fsp3) is 0.464. The Morgan fingerprint density at radius 1 is 1.10 bits per heavy atom. The summed E-state index contributed by atoms with van der Waals surface area (Å²) in [6.45, 7) is 9.39. The van der Waals surface area contributed by atoms with Crippen LogP contribution in [-0.2, 0) is 4.74 Å². The van der Waals surface area contributed by atoms with E-state index in [0.29, 0.717) is 36.1 Å². The zero-order valence-corrected chi connectivity index (χ0v) is 23.9. The Labute approximate surface area is 239 Å². The number of rotatable bonds is 9. The molecule has 5 heterocycles. The fourth-order valence-corrected chi connectivity index (χ4v) is 5.32. The number of carbonyl (C=O) groups excluding carboxylic acids is 1. The third-order valence-corrected chi connectivity index (χ3v) is 7.93. The molecule has 1 aromatic heterocycles. The molecule has 0 saturated carbocycles. The zero-order valence-electron chi connectivity index (χ0n) is 23.9. The highest BCUT2D eigenvalue weighted by Gasteiger charge is 2.51. The van der Waals surface area contributed by atoms with Crippen molar-refractivity contribution < 1.29 is 18.7 Å². The molecule has 2 saturated heterocycles. The maximum Gasteiger partial charge on any atom is 0.341 e. The fourth-order valence-electron chi connectivity index (χ4n) is 5.32. The smallest absolute Gasteiger partial charge is 0.341 e. The zero-order chi connectivity index (χ0) is 28.7. The first-order valence-electron chi connectivity index (χ1n) is 13.8. The minimum absolute atomic E-state index is 0.114. The minimum atomic E-state index is -0.522. The molecule has 2 amide bonds. The van der Waals surface area contributed by atoms with Crippen LogP contribution in [0.4, 0.5) is 10.5 Å². The molecule has 0 aliphatic carbocycles. The number of carbonyl (C=O) groups is 1. The quantitative estimate of drug-likeness (QED) is 0.458. The van der Waals surface area contributed by atoms with Gasteiger partial charge in [-0.2, -0.15) is 0 Å².